The molecule has 5 rings (SSSR count). The van der Waals surface area contributed by atoms with Gasteiger partial charge in [-0.1, -0.05) is 30.3 Å². The van der Waals surface area contributed by atoms with Gasteiger partial charge in [-0.2, -0.15) is 5.10 Å². The van der Waals surface area contributed by atoms with Gasteiger partial charge in [0.25, 0.3) is 0 Å². The molecule has 0 saturated carbocycles. The van der Waals surface area contributed by atoms with Gasteiger partial charge in [0.2, 0.25) is 5.91 Å². The van der Waals surface area contributed by atoms with E-state index in [9.17, 15) is 4.79 Å². The monoisotopic (exact) mass is 444 g/mol. The van der Waals surface area contributed by atoms with Gasteiger partial charge in [0.15, 0.2) is 0 Å². The zero-order valence-electron chi connectivity index (χ0n) is 19.4. The second kappa shape index (κ2) is 9.73. The summed E-state index contributed by atoms with van der Waals surface area (Å²) in [6.45, 7) is 5.89. The zero-order chi connectivity index (χ0) is 22.6. The SMILES string of the molecule is Cc1nc(C2CCCN(C(=O)Cn3cccn3)C2)nc2c1CCCN2CCc1ccccc1. The Morgan fingerprint density at radius 3 is 2.79 bits per heavy atom. The maximum absolute atomic E-state index is 12.8. The molecule has 172 valence electrons. The van der Waals surface area contributed by atoms with E-state index >= 15 is 0 Å². The Labute approximate surface area is 195 Å². The van der Waals surface area contributed by atoms with Crippen LogP contribution >= 0.6 is 0 Å². The molecule has 0 bridgehead atoms. The first-order valence-electron chi connectivity index (χ1n) is 12.1. The number of piperidine rings is 1. The Hall–Kier alpha value is -3.22. The molecule has 1 unspecified atom stereocenters. The van der Waals surface area contributed by atoms with Crippen molar-refractivity contribution in [2.24, 2.45) is 0 Å². The quantitative estimate of drug-likeness (QED) is 0.583. The number of fused-ring (bicyclic) bond motifs is 1. The molecule has 1 saturated heterocycles. The predicted molar refractivity (Wildman–Crippen MR) is 128 cm³/mol. The molecule has 3 aromatic rings. The summed E-state index contributed by atoms with van der Waals surface area (Å²) in [5.41, 5.74) is 3.74. The van der Waals surface area contributed by atoms with Gasteiger partial charge in [-0.3, -0.25) is 9.48 Å². The van der Waals surface area contributed by atoms with Gasteiger partial charge in [-0.15, -0.1) is 0 Å². The number of aromatic nitrogens is 4. The van der Waals surface area contributed by atoms with Crippen molar-refractivity contribution >= 4 is 11.7 Å². The number of hydrogen-bond acceptors (Lipinski definition) is 5. The minimum absolute atomic E-state index is 0.113. The third-order valence-electron chi connectivity index (χ3n) is 6.87. The van der Waals surface area contributed by atoms with Crippen molar-refractivity contribution in [3.8, 4) is 0 Å². The average Bonchev–Trinajstić information content (AvgIpc) is 3.36. The number of benzene rings is 1. The fourth-order valence-electron chi connectivity index (χ4n) is 5.06. The fraction of sp³-hybridized carbons (Fsp3) is 0.462. The molecule has 0 radical (unpaired) electrons. The topological polar surface area (TPSA) is 67.2 Å². The summed E-state index contributed by atoms with van der Waals surface area (Å²) in [5.74, 6) is 2.30. The third kappa shape index (κ3) is 4.92. The smallest absolute Gasteiger partial charge is 0.244 e. The van der Waals surface area contributed by atoms with Gasteiger partial charge in [0.1, 0.15) is 18.2 Å². The molecule has 33 heavy (non-hydrogen) atoms. The molecule has 0 aliphatic carbocycles. The number of rotatable bonds is 6. The molecule has 1 aromatic carbocycles. The molecule has 2 aliphatic rings. The first-order chi connectivity index (χ1) is 16.2. The van der Waals surface area contributed by atoms with E-state index in [0.29, 0.717) is 6.54 Å². The highest BCUT2D eigenvalue weighted by Crippen LogP contribution is 2.31. The van der Waals surface area contributed by atoms with Crippen molar-refractivity contribution < 1.29 is 4.79 Å². The van der Waals surface area contributed by atoms with Gasteiger partial charge in [0, 0.05) is 55.7 Å². The Balaban J connectivity index is 1.32. The number of carbonyl (C=O) groups is 1. The summed E-state index contributed by atoms with van der Waals surface area (Å²) >= 11 is 0. The van der Waals surface area contributed by atoms with Crippen molar-refractivity contribution in [1.82, 2.24) is 24.6 Å². The summed E-state index contributed by atoms with van der Waals surface area (Å²) in [7, 11) is 0. The van der Waals surface area contributed by atoms with Crippen LogP contribution in [0.15, 0.2) is 48.8 Å². The van der Waals surface area contributed by atoms with Gasteiger partial charge in [-0.25, -0.2) is 9.97 Å². The van der Waals surface area contributed by atoms with E-state index in [2.05, 4.69) is 47.3 Å². The lowest BCUT2D eigenvalue weighted by molar-refractivity contribution is -0.133. The minimum Gasteiger partial charge on any atom is -0.356 e. The lowest BCUT2D eigenvalue weighted by Crippen LogP contribution is -2.41. The van der Waals surface area contributed by atoms with Crippen LogP contribution in [0.25, 0.3) is 0 Å². The van der Waals surface area contributed by atoms with Crippen molar-refractivity contribution in [3.63, 3.8) is 0 Å². The van der Waals surface area contributed by atoms with Crippen LogP contribution in [-0.2, 0) is 24.2 Å². The number of carbonyl (C=O) groups excluding carboxylic acids is 1. The van der Waals surface area contributed by atoms with Gasteiger partial charge >= 0.3 is 0 Å². The van der Waals surface area contributed by atoms with E-state index < -0.39 is 0 Å². The summed E-state index contributed by atoms with van der Waals surface area (Å²) in [6, 6.07) is 12.5. The van der Waals surface area contributed by atoms with E-state index in [1.165, 1.54) is 11.1 Å². The number of aryl methyl sites for hydroxylation is 1. The Morgan fingerprint density at radius 1 is 1.09 bits per heavy atom. The van der Waals surface area contributed by atoms with Crippen LogP contribution in [0.5, 0.6) is 0 Å². The number of anilines is 1. The summed E-state index contributed by atoms with van der Waals surface area (Å²) in [4.78, 5) is 27.3. The van der Waals surface area contributed by atoms with Gasteiger partial charge in [-0.05, 0) is 50.7 Å². The second-order valence-electron chi connectivity index (χ2n) is 9.18. The van der Waals surface area contributed by atoms with Crippen LogP contribution in [0.1, 0.15) is 47.8 Å². The molecule has 0 spiro atoms. The molecule has 1 atom stereocenters. The Kier molecular flexibility index (Phi) is 6.37. The van der Waals surface area contributed by atoms with E-state index in [4.69, 9.17) is 9.97 Å². The maximum atomic E-state index is 12.8. The van der Waals surface area contributed by atoms with Crippen molar-refractivity contribution in [1.29, 1.82) is 0 Å². The predicted octanol–water partition coefficient (Wildman–Crippen LogP) is 3.38. The normalized spacial score (nSPS) is 18.3. The molecular formula is C26H32N6O. The number of likely N-dealkylation sites (tertiary alicyclic amines) is 1. The minimum atomic E-state index is 0.113. The summed E-state index contributed by atoms with van der Waals surface area (Å²) in [5, 5.41) is 4.17. The maximum Gasteiger partial charge on any atom is 0.244 e. The fourth-order valence-corrected chi connectivity index (χ4v) is 5.06. The number of nitrogens with zero attached hydrogens (tertiary/aromatic N) is 6. The first-order valence-corrected chi connectivity index (χ1v) is 12.1. The standard InChI is InChI=1S/C26H32N6O/c1-20-23-11-6-14-30(17-12-21-8-3-2-4-9-21)26(23)29-25(28-20)22-10-5-15-31(18-22)24(33)19-32-16-7-13-27-32/h2-4,7-9,13,16,22H,5-6,10-12,14-15,17-19H2,1H3. The van der Waals surface area contributed by atoms with Crippen molar-refractivity contribution in [2.45, 2.75) is 51.5 Å². The molecule has 2 aromatic heterocycles. The zero-order valence-corrected chi connectivity index (χ0v) is 19.4. The van der Waals surface area contributed by atoms with E-state index in [-0.39, 0.29) is 18.4 Å². The molecule has 1 amide bonds. The molecule has 0 N–H and O–H groups in total. The van der Waals surface area contributed by atoms with E-state index in [1.807, 2.05) is 17.2 Å². The Morgan fingerprint density at radius 2 is 1.97 bits per heavy atom. The largest absolute Gasteiger partial charge is 0.356 e. The lowest BCUT2D eigenvalue weighted by Gasteiger charge is -2.34. The third-order valence-corrected chi connectivity index (χ3v) is 6.87. The summed E-state index contributed by atoms with van der Waals surface area (Å²) < 4.78 is 1.69. The van der Waals surface area contributed by atoms with E-state index in [0.717, 1.165) is 69.1 Å². The molecule has 1 fully saturated rings. The highest BCUT2D eigenvalue weighted by Gasteiger charge is 2.29. The van der Waals surface area contributed by atoms with Crippen LogP contribution in [0.3, 0.4) is 0 Å². The average molecular weight is 445 g/mol. The van der Waals surface area contributed by atoms with E-state index in [1.54, 1.807) is 10.9 Å². The van der Waals surface area contributed by atoms with Crippen LogP contribution in [0, 0.1) is 6.92 Å². The molecule has 7 nitrogen and oxygen atoms in total. The van der Waals surface area contributed by atoms with Crippen molar-refractivity contribution in [2.75, 3.05) is 31.1 Å². The lowest BCUT2D eigenvalue weighted by atomic mass is 9.96. The molecule has 7 heteroatoms. The van der Waals surface area contributed by atoms with Crippen LogP contribution < -0.4 is 4.90 Å². The van der Waals surface area contributed by atoms with Crippen LogP contribution in [0.2, 0.25) is 0 Å². The second-order valence-corrected chi connectivity index (χ2v) is 9.18. The first kappa shape index (κ1) is 21.6. The van der Waals surface area contributed by atoms with Gasteiger partial charge < -0.3 is 9.80 Å². The van der Waals surface area contributed by atoms with Crippen LogP contribution in [0.4, 0.5) is 5.82 Å². The molecular weight excluding hydrogens is 412 g/mol. The molecule has 4 heterocycles. The van der Waals surface area contributed by atoms with Gasteiger partial charge in [0.05, 0.1) is 0 Å². The summed E-state index contributed by atoms with van der Waals surface area (Å²) in [6.07, 6.45) is 8.74. The number of hydrogen-bond donors (Lipinski definition) is 0. The van der Waals surface area contributed by atoms with Crippen LogP contribution in [-0.4, -0.2) is 56.7 Å². The highest BCUT2D eigenvalue weighted by molar-refractivity contribution is 5.76. The number of amides is 1. The highest BCUT2D eigenvalue weighted by atomic mass is 16.2. The Bertz CT molecular complexity index is 1080. The van der Waals surface area contributed by atoms with Crippen molar-refractivity contribution in [3.05, 3.63) is 71.4 Å². The molecule has 2 aliphatic heterocycles.